The summed E-state index contributed by atoms with van der Waals surface area (Å²) in [5, 5.41) is 9.88. The first-order valence-electron chi connectivity index (χ1n) is 10.4. The molecule has 1 aliphatic heterocycles. The highest BCUT2D eigenvalue weighted by atomic mass is 79.9. The number of carbonyl (C=O) groups excluding carboxylic acids is 1. The summed E-state index contributed by atoms with van der Waals surface area (Å²) in [7, 11) is 3.32. The van der Waals surface area contributed by atoms with Crippen LogP contribution in [0.5, 0.6) is 11.5 Å². The van der Waals surface area contributed by atoms with Crippen molar-refractivity contribution in [2.45, 2.75) is 6.61 Å². The Labute approximate surface area is 224 Å². The lowest BCUT2D eigenvalue weighted by Gasteiger charge is -2.12. The predicted octanol–water partition coefficient (Wildman–Crippen LogP) is 6.90. The number of carbonyl (C=O) groups is 1. The number of hydrogen-bond donors (Lipinski definition) is 0. The average Bonchev–Trinajstić information content (AvgIpc) is 3.11. The van der Waals surface area contributed by atoms with Crippen LogP contribution in [0.25, 0.3) is 6.08 Å². The molecule has 0 unspecified atom stereocenters. The Morgan fingerprint density at radius 3 is 2.46 bits per heavy atom. The number of likely N-dealkylation sites (N-methyl/N-ethyl adjacent to an activating group) is 1. The molecule has 1 saturated heterocycles. The molecule has 0 spiro atoms. The van der Waals surface area contributed by atoms with Crippen LogP contribution in [0.1, 0.15) is 16.7 Å². The van der Waals surface area contributed by atoms with Gasteiger partial charge in [0.25, 0.3) is 5.91 Å². The molecule has 4 rings (SSSR count). The Morgan fingerprint density at radius 1 is 1.11 bits per heavy atom. The molecule has 0 atom stereocenters. The molecule has 3 aromatic rings. The van der Waals surface area contributed by atoms with Gasteiger partial charge in [0.2, 0.25) is 0 Å². The maximum atomic E-state index is 12.8. The van der Waals surface area contributed by atoms with Gasteiger partial charge in [0.15, 0.2) is 5.17 Å². The molecular formula is C26H19Br2N3O3S. The van der Waals surface area contributed by atoms with Crippen molar-refractivity contribution < 1.29 is 14.3 Å². The van der Waals surface area contributed by atoms with E-state index in [0.29, 0.717) is 21.4 Å². The van der Waals surface area contributed by atoms with Crippen molar-refractivity contribution in [1.29, 1.82) is 5.26 Å². The maximum Gasteiger partial charge on any atom is 0.266 e. The molecule has 0 radical (unpaired) electrons. The van der Waals surface area contributed by atoms with E-state index in [-0.39, 0.29) is 12.5 Å². The van der Waals surface area contributed by atoms with Crippen molar-refractivity contribution in [3.63, 3.8) is 0 Å². The second kappa shape index (κ2) is 11.1. The Balaban J connectivity index is 1.53. The molecule has 3 aromatic carbocycles. The molecule has 9 heteroatoms. The second-order valence-corrected chi connectivity index (χ2v) is 10.2. The number of amides is 1. The van der Waals surface area contributed by atoms with Crippen LogP contribution in [0.2, 0.25) is 0 Å². The summed E-state index contributed by atoms with van der Waals surface area (Å²) in [6.07, 6.45) is 1.82. The van der Waals surface area contributed by atoms with Crippen LogP contribution in [0.4, 0.5) is 5.69 Å². The smallest absolute Gasteiger partial charge is 0.266 e. The molecule has 0 saturated carbocycles. The van der Waals surface area contributed by atoms with E-state index < -0.39 is 0 Å². The Bertz CT molecular complexity index is 1360. The summed E-state index contributed by atoms with van der Waals surface area (Å²) in [4.78, 5) is 19.5. The molecule has 0 aliphatic carbocycles. The van der Waals surface area contributed by atoms with Gasteiger partial charge < -0.3 is 9.47 Å². The van der Waals surface area contributed by atoms with Crippen LogP contribution in [0, 0.1) is 11.3 Å². The summed E-state index contributed by atoms with van der Waals surface area (Å²) < 4.78 is 12.6. The van der Waals surface area contributed by atoms with Gasteiger partial charge >= 0.3 is 0 Å². The summed E-state index contributed by atoms with van der Waals surface area (Å²) in [6, 6.07) is 20.6. The van der Waals surface area contributed by atoms with Crippen LogP contribution in [-0.2, 0) is 11.4 Å². The highest BCUT2D eigenvalue weighted by molar-refractivity contribution is 9.11. The SMILES string of the molecule is COc1ccc(N=C2S/C(=C\c3cc(Br)c(OCc4ccccc4C#N)c(Br)c3)C(=O)N2C)cc1. The summed E-state index contributed by atoms with van der Waals surface area (Å²) in [5.41, 5.74) is 2.94. The molecule has 1 amide bonds. The number of nitriles is 1. The first-order valence-corrected chi connectivity index (χ1v) is 12.8. The van der Waals surface area contributed by atoms with Crippen LogP contribution < -0.4 is 9.47 Å². The number of benzene rings is 3. The van der Waals surface area contributed by atoms with Crippen LogP contribution in [0.3, 0.4) is 0 Å². The fourth-order valence-corrected chi connectivity index (χ4v) is 5.71. The molecular weight excluding hydrogens is 594 g/mol. The number of amidine groups is 1. The number of methoxy groups -OCH3 is 1. The van der Waals surface area contributed by atoms with E-state index in [9.17, 15) is 10.1 Å². The summed E-state index contributed by atoms with van der Waals surface area (Å²) in [5.74, 6) is 1.24. The zero-order chi connectivity index (χ0) is 24.9. The molecule has 0 bridgehead atoms. The lowest BCUT2D eigenvalue weighted by Crippen LogP contribution is -2.23. The third kappa shape index (κ3) is 5.78. The Hall–Kier alpha value is -3.06. The highest BCUT2D eigenvalue weighted by Crippen LogP contribution is 2.38. The topological polar surface area (TPSA) is 74.9 Å². The van der Waals surface area contributed by atoms with Gasteiger partial charge in [-0.25, -0.2) is 4.99 Å². The molecule has 1 heterocycles. The van der Waals surface area contributed by atoms with E-state index in [1.165, 1.54) is 16.7 Å². The molecule has 35 heavy (non-hydrogen) atoms. The Kier molecular flexibility index (Phi) is 7.96. The Morgan fingerprint density at radius 2 is 1.80 bits per heavy atom. The van der Waals surface area contributed by atoms with E-state index in [1.54, 1.807) is 20.2 Å². The third-order valence-electron chi connectivity index (χ3n) is 5.13. The minimum absolute atomic E-state index is 0.122. The molecule has 0 aromatic heterocycles. The summed E-state index contributed by atoms with van der Waals surface area (Å²) in [6.45, 7) is 0.256. The predicted molar refractivity (Wildman–Crippen MR) is 146 cm³/mol. The van der Waals surface area contributed by atoms with Crippen molar-refractivity contribution in [1.82, 2.24) is 4.90 Å². The highest BCUT2D eigenvalue weighted by Gasteiger charge is 2.30. The van der Waals surface area contributed by atoms with Crippen molar-refractivity contribution in [3.8, 4) is 17.6 Å². The van der Waals surface area contributed by atoms with E-state index in [1.807, 2.05) is 60.7 Å². The first-order chi connectivity index (χ1) is 16.9. The minimum atomic E-state index is -0.122. The largest absolute Gasteiger partial charge is 0.497 e. The number of aliphatic imine (C=N–C) groups is 1. The van der Waals surface area contributed by atoms with Gasteiger partial charge in [-0.3, -0.25) is 9.69 Å². The monoisotopic (exact) mass is 611 g/mol. The van der Waals surface area contributed by atoms with Gasteiger partial charge in [-0.2, -0.15) is 5.26 Å². The normalized spacial score (nSPS) is 15.5. The molecule has 6 nitrogen and oxygen atoms in total. The van der Waals surface area contributed by atoms with Gasteiger partial charge in [0, 0.05) is 12.6 Å². The standard InChI is InChI=1S/C26H19Br2N3O3S/c1-31-25(32)23(35-26(31)30-19-7-9-20(33-2)10-8-19)13-16-11-21(27)24(22(28)12-16)34-15-18-6-4-3-5-17(18)14-29/h3-13H,15H2,1-2H3/b23-13-,30-26?. The van der Waals surface area contributed by atoms with Crippen molar-refractivity contribution in [2.24, 2.45) is 4.99 Å². The molecule has 176 valence electrons. The minimum Gasteiger partial charge on any atom is -0.497 e. The number of rotatable bonds is 6. The van der Waals surface area contributed by atoms with E-state index in [2.05, 4.69) is 42.9 Å². The number of nitrogens with zero attached hydrogens (tertiary/aromatic N) is 3. The number of ether oxygens (including phenoxy) is 2. The van der Waals surface area contributed by atoms with Gasteiger partial charge in [-0.1, -0.05) is 18.2 Å². The fourth-order valence-electron chi connectivity index (χ4n) is 3.28. The summed E-state index contributed by atoms with van der Waals surface area (Å²) >= 11 is 8.45. The molecule has 1 aliphatic rings. The average molecular weight is 613 g/mol. The van der Waals surface area contributed by atoms with Crippen molar-refractivity contribution in [3.05, 3.63) is 91.2 Å². The maximum absolute atomic E-state index is 12.8. The second-order valence-electron chi connectivity index (χ2n) is 7.44. The zero-order valence-corrected chi connectivity index (χ0v) is 22.8. The van der Waals surface area contributed by atoms with Gasteiger partial charge in [0.1, 0.15) is 18.1 Å². The lowest BCUT2D eigenvalue weighted by atomic mass is 10.1. The zero-order valence-electron chi connectivity index (χ0n) is 18.8. The first kappa shape index (κ1) is 25.0. The van der Waals surface area contributed by atoms with Crippen LogP contribution in [0.15, 0.2) is 79.5 Å². The van der Waals surface area contributed by atoms with Crippen molar-refractivity contribution >= 4 is 66.5 Å². The van der Waals surface area contributed by atoms with E-state index >= 15 is 0 Å². The van der Waals surface area contributed by atoms with Gasteiger partial charge in [0.05, 0.1) is 38.3 Å². The van der Waals surface area contributed by atoms with E-state index in [4.69, 9.17) is 9.47 Å². The van der Waals surface area contributed by atoms with E-state index in [0.717, 1.165) is 31.5 Å². The van der Waals surface area contributed by atoms with Crippen molar-refractivity contribution in [2.75, 3.05) is 14.2 Å². The molecule has 0 N–H and O–H groups in total. The number of halogens is 2. The lowest BCUT2D eigenvalue weighted by molar-refractivity contribution is -0.121. The van der Waals surface area contributed by atoms with Crippen LogP contribution in [-0.4, -0.2) is 30.1 Å². The molecule has 1 fully saturated rings. The third-order valence-corrected chi connectivity index (χ3v) is 7.37. The number of thioether (sulfide) groups is 1. The van der Waals surface area contributed by atoms with Gasteiger partial charge in [-0.15, -0.1) is 0 Å². The van der Waals surface area contributed by atoms with Gasteiger partial charge in [-0.05, 0) is 97.7 Å². The van der Waals surface area contributed by atoms with Crippen LogP contribution >= 0.6 is 43.6 Å². The fraction of sp³-hybridized carbons (Fsp3) is 0.115. The number of hydrogen-bond acceptors (Lipinski definition) is 6. The quantitative estimate of drug-likeness (QED) is 0.283.